The molecule has 6 aromatic rings. The highest BCUT2D eigenvalue weighted by Gasteiger charge is 2.39. The van der Waals surface area contributed by atoms with Crippen LogP contribution in [0.1, 0.15) is 112 Å². The molecule has 4 aliphatic rings. The van der Waals surface area contributed by atoms with E-state index in [1.54, 1.807) is 22.4 Å². The molecule has 67 heavy (non-hydrogen) atoms. The van der Waals surface area contributed by atoms with Crippen molar-refractivity contribution in [3.8, 4) is 39.5 Å². The Morgan fingerprint density at radius 2 is 1.54 bits per heavy atom. The third-order valence-electron chi connectivity index (χ3n) is 13.8. The van der Waals surface area contributed by atoms with Crippen LogP contribution >= 0.6 is 11.3 Å². The van der Waals surface area contributed by atoms with Gasteiger partial charge in [-0.05, 0) is 87.2 Å². The number of benzene rings is 2. The van der Waals surface area contributed by atoms with Crippen molar-refractivity contribution < 1.29 is 33.0 Å². The van der Waals surface area contributed by atoms with Crippen LogP contribution in [0.2, 0.25) is 0 Å². The summed E-state index contributed by atoms with van der Waals surface area (Å²) in [5.74, 6) is 1.74. The maximum atomic E-state index is 16.9. The van der Waals surface area contributed by atoms with Crippen molar-refractivity contribution in [2.45, 2.75) is 103 Å². The van der Waals surface area contributed by atoms with Gasteiger partial charge in [-0.25, -0.2) is 28.9 Å². The molecule has 5 unspecified atom stereocenters. The van der Waals surface area contributed by atoms with Gasteiger partial charge < -0.3 is 39.7 Å². The van der Waals surface area contributed by atoms with Gasteiger partial charge in [0.05, 0.1) is 76.7 Å². The minimum Gasteiger partial charge on any atom is -0.464 e. The SMILES string of the molecule is COC(=O)NC(CN1CCCC1c1ncc(-c2ccc3c(c2)cc2n3C(c3cnc(C4CC4)s3)Oc3cc(-c4cnc(C5CCCN5C(=O)C(NC(=O)OC)C(C)C)[nH]4)cc(F)c3-2)[nH]1)C(C)C. The lowest BCUT2D eigenvalue weighted by atomic mass is 10.0. The molecular weight excluding hydrogens is 876 g/mol. The first-order valence-electron chi connectivity index (χ1n) is 23.3. The van der Waals surface area contributed by atoms with E-state index >= 15 is 4.39 Å². The van der Waals surface area contributed by atoms with Crippen LogP contribution in [0.4, 0.5) is 14.0 Å². The number of alkyl carbamates (subject to hydrolysis) is 2. The number of likely N-dealkylation sites (tertiary alicyclic amines) is 2. The molecule has 0 spiro atoms. The average Bonchev–Trinajstić information content (AvgIpc) is 4.03. The second-order valence-electron chi connectivity index (χ2n) is 18.9. The summed E-state index contributed by atoms with van der Waals surface area (Å²) in [4.78, 5) is 64.5. The van der Waals surface area contributed by atoms with Crippen LogP contribution in [0.3, 0.4) is 0 Å². The number of imidazole rings is 2. The minimum atomic E-state index is -0.761. The number of hydrogen-bond acceptors (Lipinski definition) is 11. The zero-order valence-corrected chi connectivity index (χ0v) is 39.4. The summed E-state index contributed by atoms with van der Waals surface area (Å²) in [5, 5.41) is 7.71. The van der Waals surface area contributed by atoms with Gasteiger partial charge in [0, 0.05) is 47.8 Å². The highest BCUT2D eigenvalue weighted by atomic mass is 32.1. The molecule has 4 N–H and O–H groups in total. The number of methoxy groups -OCH3 is 2. The Bertz CT molecular complexity index is 2830. The van der Waals surface area contributed by atoms with Gasteiger partial charge in [0.25, 0.3) is 0 Å². The lowest BCUT2D eigenvalue weighted by molar-refractivity contribution is -0.135. The van der Waals surface area contributed by atoms with Crippen molar-refractivity contribution in [1.29, 1.82) is 0 Å². The van der Waals surface area contributed by atoms with Gasteiger partial charge in [-0.15, -0.1) is 11.3 Å². The quantitative estimate of drug-likeness (QED) is 0.0871. The second-order valence-corrected chi connectivity index (χ2v) is 20.0. The lowest BCUT2D eigenvalue weighted by Gasteiger charge is -2.30. The fourth-order valence-electron chi connectivity index (χ4n) is 9.96. The molecule has 2 saturated heterocycles. The molecule has 4 aromatic heterocycles. The number of ether oxygens (including phenoxy) is 3. The molecule has 2 aromatic carbocycles. The number of hydrogen-bond donors (Lipinski definition) is 4. The zero-order chi connectivity index (χ0) is 46.7. The van der Waals surface area contributed by atoms with Gasteiger partial charge >= 0.3 is 12.2 Å². The van der Waals surface area contributed by atoms with Crippen molar-refractivity contribution in [3.63, 3.8) is 0 Å². The van der Waals surface area contributed by atoms with Crippen molar-refractivity contribution in [1.82, 2.24) is 49.9 Å². The second kappa shape index (κ2) is 18.1. The fourth-order valence-corrected chi connectivity index (χ4v) is 11.1. The summed E-state index contributed by atoms with van der Waals surface area (Å²) in [6, 6.07) is 10.5. The number of nitrogens with one attached hydrogen (secondary N) is 4. The number of carbonyl (C=O) groups is 3. The van der Waals surface area contributed by atoms with Crippen LogP contribution < -0.4 is 15.4 Å². The summed E-state index contributed by atoms with van der Waals surface area (Å²) < 4.78 is 35.6. The Hall–Kier alpha value is -6.27. The number of aromatic amines is 2. The van der Waals surface area contributed by atoms with Crippen LogP contribution in [0, 0.1) is 17.7 Å². The molecule has 3 fully saturated rings. The van der Waals surface area contributed by atoms with Crippen LogP contribution in [0.5, 0.6) is 5.75 Å². The molecule has 18 heteroatoms. The van der Waals surface area contributed by atoms with Crippen LogP contribution in [-0.2, 0) is 14.3 Å². The molecule has 352 valence electrons. The number of aromatic nitrogens is 6. The van der Waals surface area contributed by atoms with Gasteiger partial charge in [-0.2, -0.15) is 0 Å². The number of H-pyrrole nitrogens is 2. The summed E-state index contributed by atoms with van der Waals surface area (Å²) in [7, 11) is 2.66. The molecule has 1 saturated carbocycles. The largest absolute Gasteiger partial charge is 0.464 e. The van der Waals surface area contributed by atoms with Crippen molar-refractivity contribution >= 4 is 40.3 Å². The van der Waals surface area contributed by atoms with Gasteiger partial charge in [0.1, 0.15) is 29.3 Å². The average molecular weight is 933 g/mol. The van der Waals surface area contributed by atoms with E-state index in [0.717, 1.165) is 76.5 Å². The molecule has 1 aliphatic carbocycles. The summed E-state index contributed by atoms with van der Waals surface area (Å²) >= 11 is 1.64. The van der Waals surface area contributed by atoms with Gasteiger partial charge in [-0.1, -0.05) is 33.8 Å². The maximum Gasteiger partial charge on any atom is 0.407 e. The number of nitrogens with zero attached hydrogens (tertiary/aromatic N) is 6. The number of thiazole rings is 1. The van der Waals surface area contributed by atoms with Crippen LogP contribution in [0.25, 0.3) is 44.7 Å². The Morgan fingerprint density at radius 3 is 2.25 bits per heavy atom. The number of rotatable bonds is 13. The Kier molecular flexibility index (Phi) is 12.0. The topological polar surface area (TPSA) is 185 Å². The minimum absolute atomic E-state index is 0.0711. The van der Waals surface area contributed by atoms with Crippen molar-refractivity contribution in [3.05, 3.63) is 82.3 Å². The predicted octanol–water partition coefficient (Wildman–Crippen LogP) is 9.06. The van der Waals surface area contributed by atoms with E-state index in [1.165, 1.54) is 20.3 Å². The molecular formula is C49H57FN10O6S. The zero-order valence-electron chi connectivity index (χ0n) is 38.6. The number of amides is 3. The van der Waals surface area contributed by atoms with E-state index in [0.29, 0.717) is 59.5 Å². The lowest BCUT2D eigenvalue weighted by Crippen LogP contribution is -2.51. The monoisotopic (exact) mass is 932 g/mol. The van der Waals surface area contributed by atoms with Crippen LogP contribution in [-0.4, -0.2) is 103 Å². The van der Waals surface area contributed by atoms with E-state index in [-0.39, 0.29) is 35.9 Å². The number of fused-ring (bicyclic) bond motifs is 5. The Morgan fingerprint density at radius 1 is 0.836 bits per heavy atom. The van der Waals surface area contributed by atoms with Crippen molar-refractivity contribution in [2.24, 2.45) is 11.8 Å². The summed E-state index contributed by atoms with van der Waals surface area (Å²) in [6.45, 7) is 10.1. The molecule has 3 aliphatic heterocycles. The van der Waals surface area contributed by atoms with E-state index in [4.69, 9.17) is 29.2 Å². The normalized spacial score (nSPS) is 20.2. The highest BCUT2D eigenvalue weighted by Crippen LogP contribution is 2.50. The van der Waals surface area contributed by atoms with Crippen LogP contribution in [0.15, 0.2) is 55.0 Å². The fraction of sp³-hybridized carbons (Fsp3) is 0.469. The van der Waals surface area contributed by atoms with Gasteiger partial charge in [0.15, 0.2) is 0 Å². The predicted molar refractivity (Wildman–Crippen MR) is 251 cm³/mol. The summed E-state index contributed by atoms with van der Waals surface area (Å²) in [5.41, 5.74) is 4.93. The highest BCUT2D eigenvalue weighted by molar-refractivity contribution is 7.11. The Labute approximate surface area is 392 Å². The van der Waals surface area contributed by atoms with E-state index in [9.17, 15) is 14.4 Å². The van der Waals surface area contributed by atoms with E-state index in [2.05, 4.69) is 62.1 Å². The molecule has 0 radical (unpaired) electrons. The van der Waals surface area contributed by atoms with Gasteiger partial charge in [-0.3, -0.25) is 14.3 Å². The van der Waals surface area contributed by atoms with Crippen molar-refractivity contribution in [2.75, 3.05) is 33.9 Å². The van der Waals surface area contributed by atoms with Gasteiger partial charge in [0.2, 0.25) is 12.1 Å². The smallest absolute Gasteiger partial charge is 0.407 e. The Balaban J connectivity index is 0.957. The number of halogens is 1. The molecule has 7 heterocycles. The molecule has 0 bridgehead atoms. The molecule has 16 nitrogen and oxygen atoms in total. The molecule has 5 atom stereocenters. The first-order chi connectivity index (χ1) is 32.4. The summed E-state index contributed by atoms with van der Waals surface area (Å²) in [6.07, 6.45) is 9.44. The first kappa shape index (κ1) is 44.6. The third-order valence-corrected chi connectivity index (χ3v) is 15.0. The van der Waals surface area contributed by atoms with E-state index < -0.39 is 30.3 Å². The first-order valence-corrected chi connectivity index (χ1v) is 24.2. The molecule has 3 amide bonds. The number of carbonyl (C=O) groups excluding carboxylic acids is 3. The standard InChI is InChI=1S/C49H57FN10O6S/c1-25(2)34(56-48(62)64-5)24-58-15-7-9-36(58)43-51-21-32(54-43)28-13-14-35-30(17-28)19-38-41-31(50)18-29(20-39(41)66-47(60(35)38)40-23-53-45(67-40)27-11-12-27)33-22-52-44(55-33)37-10-8-16-59(37)46(61)42(26(3)4)57-49(63)65-6/h13-14,17-23,25-27,34,36-37,42,47H,7-12,15-16,24H2,1-6H3,(H,51,54)(H,52,55)(H,56,62)(H,57,63). The molecule has 10 rings (SSSR count). The van der Waals surface area contributed by atoms with E-state index in [1.807, 2.05) is 38.4 Å². The third kappa shape index (κ3) is 8.53. The maximum absolute atomic E-state index is 16.9.